The highest BCUT2D eigenvalue weighted by molar-refractivity contribution is 8.14. The molecule has 2 aromatic carbocycles. The van der Waals surface area contributed by atoms with E-state index in [1.54, 1.807) is 46.9 Å². The number of nitrogens with one attached hydrogen (secondary N) is 3. The lowest BCUT2D eigenvalue weighted by molar-refractivity contribution is -0.140. The molecule has 432 valence electrons. The predicted molar refractivity (Wildman–Crippen MR) is 300 cm³/mol. The van der Waals surface area contributed by atoms with Crippen molar-refractivity contribution in [2.24, 2.45) is 16.0 Å². The van der Waals surface area contributed by atoms with Crippen molar-refractivity contribution >= 4 is 69.3 Å². The number of aromatic nitrogens is 1. The summed E-state index contributed by atoms with van der Waals surface area (Å²) in [5.74, 6) is -2.30. The van der Waals surface area contributed by atoms with Gasteiger partial charge >= 0.3 is 0 Å². The molecule has 0 aliphatic carbocycles. The van der Waals surface area contributed by atoms with Gasteiger partial charge in [0.05, 0.1) is 80.2 Å². The van der Waals surface area contributed by atoms with E-state index in [-0.39, 0.29) is 124 Å². The highest BCUT2D eigenvalue weighted by atomic mass is 32.2. The summed E-state index contributed by atoms with van der Waals surface area (Å²) in [7, 11) is 3.35. The molecule has 21 nitrogen and oxygen atoms in total. The number of likely N-dealkylation sites (tertiary alicyclic amines) is 2. The number of Topliss-reactive ketones (excluding diaryl/α,β-unsaturated/α-hetero) is 1. The number of pyridine rings is 1. The van der Waals surface area contributed by atoms with E-state index in [0.29, 0.717) is 90.6 Å². The van der Waals surface area contributed by atoms with Crippen LogP contribution >= 0.6 is 11.8 Å². The molecular formula is C57H71F2N13O8S. The summed E-state index contributed by atoms with van der Waals surface area (Å²) in [6.07, 6.45) is 5.75. The van der Waals surface area contributed by atoms with E-state index < -0.39 is 41.7 Å². The van der Waals surface area contributed by atoms with Crippen LogP contribution in [0.3, 0.4) is 0 Å². The lowest BCUT2D eigenvalue weighted by Gasteiger charge is -2.38. The van der Waals surface area contributed by atoms with Crippen LogP contribution in [0.4, 0.5) is 20.3 Å². The number of likely N-dealkylation sites (N-methyl/N-ethyl adjacent to an activating group) is 2. The zero-order valence-corrected chi connectivity index (χ0v) is 46.8. The number of anilines is 2. The third-order valence-corrected chi connectivity index (χ3v) is 17.5. The van der Waals surface area contributed by atoms with Gasteiger partial charge in [-0.15, -0.1) is 11.8 Å². The second-order valence-electron chi connectivity index (χ2n) is 21.4. The van der Waals surface area contributed by atoms with E-state index >= 15 is 0 Å². The molecule has 3 saturated heterocycles. The Labute approximate surface area is 474 Å². The minimum atomic E-state index is -0.823. The number of ketones is 1. The third-order valence-electron chi connectivity index (χ3n) is 16.3. The van der Waals surface area contributed by atoms with Gasteiger partial charge in [0.1, 0.15) is 41.3 Å². The number of hydrogen-bond acceptors (Lipinski definition) is 17. The average Bonchev–Trinajstić information content (AvgIpc) is 4.52. The van der Waals surface area contributed by atoms with Gasteiger partial charge in [-0.2, -0.15) is 10.4 Å². The first-order valence-electron chi connectivity index (χ1n) is 27.9. The topological polar surface area (TPSA) is 261 Å². The van der Waals surface area contributed by atoms with Gasteiger partial charge in [-0.1, -0.05) is 0 Å². The van der Waals surface area contributed by atoms with Crippen molar-refractivity contribution in [2.45, 2.75) is 100 Å². The van der Waals surface area contributed by atoms with Crippen molar-refractivity contribution in [2.75, 3.05) is 103 Å². The highest BCUT2D eigenvalue weighted by Gasteiger charge is 2.45. The van der Waals surface area contributed by atoms with Crippen LogP contribution in [-0.4, -0.2) is 193 Å². The van der Waals surface area contributed by atoms with E-state index in [4.69, 9.17) is 20.2 Å². The Morgan fingerprint density at radius 2 is 1.63 bits per heavy atom. The molecule has 6 aliphatic heterocycles. The Kier molecular flexibility index (Phi) is 19.3. The molecule has 7 atom stereocenters. The first-order chi connectivity index (χ1) is 39.1. The van der Waals surface area contributed by atoms with Crippen LogP contribution in [-0.2, 0) is 28.7 Å². The van der Waals surface area contributed by atoms with Crippen LogP contribution < -0.4 is 26.6 Å². The van der Waals surface area contributed by atoms with E-state index in [1.807, 2.05) is 6.07 Å². The molecule has 0 radical (unpaired) electrons. The maximum atomic E-state index is 14.8. The Morgan fingerprint density at radius 1 is 0.914 bits per heavy atom. The Morgan fingerprint density at radius 3 is 2.37 bits per heavy atom. The van der Waals surface area contributed by atoms with E-state index in [0.717, 1.165) is 12.8 Å². The number of halogens is 2. The molecule has 24 heteroatoms. The monoisotopic (exact) mass is 1140 g/mol. The molecular weight excluding hydrogens is 1060 g/mol. The molecule has 3 unspecified atom stereocenters. The summed E-state index contributed by atoms with van der Waals surface area (Å²) in [6, 6.07) is 10.7. The number of aliphatic imine (C=N–C) groups is 1. The molecule has 1 aromatic heterocycles. The number of hydrazone groups is 1. The van der Waals surface area contributed by atoms with E-state index in [2.05, 4.69) is 37.0 Å². The molecule has 2 bridgehead atoms. The maximum absolute atomic E-state index is 14.8. The van der Waals surface area contributed by atoms with Crippen molar-refractivity contribution < 1.29 is 47.0 Å². The van der Waals surface area contributed by atoms with Gasteiger partial charge in [0.15, 0.2) is 5.78 Å². The first kappa shape index (κ1) is 58.6. The average molecular weight is 1140 g/mol. The number of nitriles is 1. The van der Waals surface area contributed by atoms with Gasteiger partial charge in [-0.3, -0.25) is 38.8 Å². The number of piperidine rings is 1. The number of thioether (sulfide) groups is 1. The van der Waals surface area contributed by atoms with Crippen LogP contribution in [0.5, 0.6) is 0 Å². The number of benzene rings is 2. The van der Waals surface area contributed by atoms with Crippen molar-refractivity contribution in [3.8, 4) is 6.07 Å². The largest absolute Gasteiger partial charge is 0.382 e. The van der Waals surface area contributed by atoms with E-state index in [1.165, 1.54) is 54.2 Å². The highest BCUT2D eigenvalue weighted by Crippen LogP contribution is 2.43. The number of nitrogens with two attached hydrogens (primary N) is 1. The van der Waals surface area contributed by atoms with Crippen molar-refractivity contribution in [1.29, 1.82) is 5.26 Å². The normalized spacial score (nSPS) is 22.6. The van der Waals surface area contributed by atoms with Crippen LogP contribution in [0.1, 0.15) is 102 Å². The molecule has 6 aliphatic rings. The summed E-state index contributed by atoms with van der Waals surface area (Å²) in [6.45, 7) is 4.92. The molecule has 9 rings (SSSR count). The molecule has 5 N–H and O–H groups in total. The first-order valence-corrected chi connectivity index (χ1v) is 28.9. The number of hydrogen-bond donors (Lipinski definition) is 4. The Hall–Kier alpha value is -7.07. The summed E-state index contributed by atoms with van der Waals surface area (Å²) >= 11 is 1.45. The minimum Gasteiger partial charge on any atom is -0.382 e. The number of ether oxygens (including phenoxy) is 2. The zero-order chi connectivity index (χ0) is 57.3. The Balaban J connectivity index is 0.699. The van der Waals surface area contributed by atoms with Crippen LogP contribution in [0.25, 0.3) is 0 Å². The Bertz CT molecular complexity index is 2940. The zero-order valence-electron chi connectivity index (χ0n) is 46.0. The molecule has 0 spiro atoms. The summed E-state index contributed by atoms with van der Waals surface area (Å²) < 4.78 is 39.7. The molecule has 3 fully saturated rings. The van der Waals surface area contributed by atoms with Gasteiger partial charge in [0, 0.05) is 75.8 Å². The van der Waals surface area contributed by atoms with Crippen LogP contribution in [0.15, 0.2) is 64.8 Å². The van der Waals surface area contributed by atoms with Gasteiger partial charge in [-0.25, -0.2) is 13.8 Å². The second-order valence-corrected chi connectivity index (χ2v) is 22.4. The van der Waals surface area contributed by atoms with Gasteiger partial charge in [0.25, 0.3) is 5.91 Å². The molecule has 3 aromatic rings. The fraction of sp³-hybridized carbons (Fsp3) is 0.544. The summed E-state index contributed by atoms with van der Waals surface area (Å²) in [5, 5.41) is 26.3. The number of fused-ring (bicyclic) bond motifs is 8. The summed E-state index contributed by atoms with van der Waals surface area (Å²) in [5.41, 5.74) is 9.40. The van der Waals surface area contributed by atoms with E-state index in [9.17, 15) is 42.8 Å². The number of nitrogen functional groups attached to an aromatic ring is 1. The van der Waals surface area contributed by atoms with Gasteiger partial charge < -0.3 is 50.8 Å². The van der Waals surface area contributed by atoms with Crippen LogP contribution in [0, 0.1) is 28.9 Å². The quantitative estimate of drug-likeness (QED) is 0.0930. The number of carbonyl (C=O) groups excluding carboxylic acids is 6. The van der Waals surface area contributed by atoms with Crippen molar-refractivity contribution in [3.63, 3.8) is 0 Å². The van der Waals surface area contributed by atoms with Gasteiger partial charge in [0.2, 0.25) is 23.6 Å². The SMILES string of the molecule is CN[C@H](C)C(=O)N[C@@H](C(=O)N1CCC[C@@H]1C1=NC(C(=O)c2ccc(F)cc2)CS1)C1CCN(C(=O)CCOCCOCCC(=O)NCCN2N=C(C#N)C3c4cnc(N)c(c4)N4CCC[C@@H]4c4cc(F)ccc4C(=O)N(C)CC32)CC1. The van der Waals surface area contributed by atoms with Crippen molar-refractivity contribution in [1.82, 2.24) is 40.6 Å². The summed E-state index contributed by atoms with van der Waals surface area (Å²) in [4.78, 5) is 97.9. The third kappa shape index (κ3) is 13.5. The lowest BCUT2D eigenvalue weighted by Crippen LogP contribution is -2.58. The fourth-order valence-electron chi connectivity index (χ4n) is 11.8. The number of amides is 5. The van der Waals surface area contributed by atoms with Crippen LogP contribution in [0.2, 0.25) is 0 Å². The molecule has 5 amide bonds. The fourth-order valence-corrected chi connectivity index (χ4v) is 13.0. The minimum absolute atomic E-state index is 0.0715. The predicted octanol–water partition coefficient (Wildman–Crippen LogP) is 3.67. The standard InChI is InChI=1S/C57H71F2N13O8S/c1-34(62-2)54(76)66-51(57(78)71-20-5-7-45(71)55-65-43(33-81-55)52(75)36-8-10-38(58)11-9-36)35-14-21-69(22-15-35)49(74)17-25-80-27-26-79-24-16-48(73)63-18-23-72-47-32-68(3)56(77)40-13-12-39(59)29-41(40)44-6-4-19-70(44)46-28-37(31-64-53(46)61)50(47)42(30-60)67-72/h8-13,28-29,31,34-35,43-45,47,50-51,62H,4-7,14-27,32-33H2,1-3H3,(H2,61,64)(H,63,73)(H,66,76)/t34-,43?,44-,45-,47?,50?,51-/m1/s1. The molecule has 7 heterocycles. The smallest absolute Gasteiger partial charge is 0.254 e. The number of rotatable bonds is 20. The van der Waals surface area contributed by atoms with Crippen molar-refractivity contribution in [3.05, 3.63) is 88.6 Å². The van der Waals surface area contributed by atoms with Gasteiger partial charge in [-0.05, 0) is 118 Å². The number of carbonyl (C=O) groups is 6. The molecule has 0 saturated carbocycles. The number of nitrogens with zero attached hydrogens (tertiary/aromatic N) is 9. The lowest BCUT2D eigenvalue weighted by atomic mass is 9.88. The second kappa shape index (κ2) is 26.7. The molecule has 81 heavy (non-hydrogen) atoms. The maximum Gasteiger partial charge on any atom is 0.254 e.